The molecule has 0 saturated heterocycles. The van der Waals surface area contributed by atoms with E-state index in [0.29, 0.717) is 4.58 Å². The zero-order valence-electron chi connectivity index (χ0n) is 8.38. The molecule has 0 rings (SSSR count). The number of hydrogen-bond donors (Lipinski definition) is 1. The van der Waals surface area contributed by atoms with E-state index in [1.165, 1.54) is 44.3 Å². The average Bonchev–Trinajstić information content (AvgIpc) is 2.09. The van der Waals surface area contributed by atoms with Crippen LogP contribution in [0, 0.1) is 0 Å². The fourth-order valence-electron chi connectivity index (χ4n) is 1.03. The highest BCUT2D eigenvalue weighted by atomic mass is 32.2. The smallest absolute Gasteiger partial charge is 0.0472 e. The van der Waals surface area contributed by atoms with Gasteiger partial charge in [0, 0.05) is 4.58 Å². The topological polar surface area (TPSA) is 0 Å². The Morgan fingerprint density at radius 3 is 2.33 bits per heavy atom. The summed E-state index contributed by atoms with van der Waals surface area (Å²) in [5.74, 6) is 1.30. The lowest BCUT2D eigenvalue weighted by atomic mass is 10.3. The van der Waals surface area contributed by atoms with Gasteiger partial charge in [-0.15, -0.1) is 11.8 Å². The Morgan fingerprint density at radius 2 is 1.75 bits per heavy atom. The second-order valence-electron chi connectivity index (χ2n) is 3.17. The van der Waals surface area contributed by atoms with E-state index in [2.05, 4.69) is 26.5 Å². The molecule has 0 aliphatic rings. The van der Waals surface area contributed by atoms with Gasteiger partial charge in [0.2, 0.25) is 0 Å². The molecule has 12 heavy (non-hydrogen) atoms. The van der Waals surface area contributed by atoms with E-state index < -0.39 is 0 Å². The van der Waals surface area contributed by atoms with Gasteiger partial charge in [-0.2, -0.15) is 12.6 Å². The molecular formula is C10H22S2. The van der Waals surface area contributed by atoms with Crippen molar-refractivity contribution < 1.29 is 0 Å². The molecule has 0 amide bonds. The molecule has 0 radical (unpaired) electrons. The van der Waals surface area contributed by atoms with Gasteiger partial charge < -0.3 is 0 Å². The Balaban J connectivity index is 3.02. The monoisotopic (exact) mass is 206 g/mol. The lowest BCUT2D eigenvalue weighted by molar-refractivity contribution is 0.758. The van der Waals surface area contributed by atoms with Crippen LogP contribution in [-0.4, -0.2) is 10.3 Å². The lowest BCUT2D eigenvalue weighted by Gasteiger charge is -2.08. The molecule has 0 aromatic rings. The highest BCUT2D eigenvalue weighted by Crippen LogP contribution is 2.21. The van der Waals surface area contributed by atoms with E-state index in [1.807, 2.05) is 11.8 Å². The minimum absolute atomic E-state index is 0.585. The number of thioether (sulfide) groups is 1. The van der Waals surface area contributed by atoms with E-state index in [0.717, 1.165) is 0 Å². The summed E-state index contributed by atoms with van der Waals surface area (Å²) in [6.45, 7) is 4.49. The molecule has 0 spiro atoms. The first-order chi connectivity index (χ1) is 5.81. The third kappa shape index (κ3) is 8.79. The second kappa shape index (κ2) is 9.79. The van der Waals surface area contributed by atoms with Crippen LogP contribution in [0.25, 0.3) is 0 Å². The van der Waals surface area contributed by atoms with Crippen molar-refractivity contribution in [2.75, 3.05) is 5.75 Å². The molecule has 0 aliphatic heterocycles. The normalized spacial score (nSPS) is 13.2. The molecule has 2 heteroatoms. The summed E-state index contributed by atoms with van der Waals surface area (Å²) in [5, 5.41) is 0. The number of hydrogen-bond acceptors (Lipinski definition) is 2. The van der Waals surface area contributed by atoms with Crippen molar-refractivity contribution in [2.24, 2.45) is 0 Å². The summed E-state index contributed by atoms with van der Waals surface area (Å²) in [5.41, 5.74) is 0. The molecule has 0 aromatic heterocycles. The van der Waals surface area contributed by atoms with E-state index in [-0.39, 0.29) is 0 Å². The molecule has 0 aliphatic carbocycles. The van der Waals surface area contributed by atoms with Gasteiger partial charge in [0.1, 0.15) is 0 Å². The van der Waals surface area contributed by atoms with Crippen molar-refractivity contribution in [3.05, 3.63) is 0 Å². The van der Waals surface area contributed by atoms with E-state index in [1.54, 1.807) is 0 Å². The van der Waals surface area contributed by atoms with Gasteiger partial charge in [-0.1, -0.05) is 39.5 Å². The van der Waals surface area contributed by atoms with Crippen LogP contribution >= 0.6 is 24.4 Å². The molecule has 1 atom stereocenters. The number of thiol groups is 1. The van der Waals surface area contributed by atoms with Crippen LogP contribution in [0.1, 0.15) is 52.4 Å². The minimum Gasteiger partial charge on any atom is -0.165 e. The molecule has 0 heterocycles. The third-order valence-electron chi connectivity index (χ3n) is 1.86. The van der Waals surface area contributed by atoms with E-state index >= 15 is 0 Å². The zero-order chi connectivity index (χ0) is 9.23. The lowest BCUT2D eigenvalue weighted by Crippen LogP contribution is -1.93. The largest absolute Gasteiger partial charge is 0.165 e. The van der Waals surface area contributed by atoms with Gasteiger partial charge in [0.25, 0.3) is 0 Å². The molecule has 0 nitrogen and oxygen atoms in total. The maximum absolute atomic E-state index is 4.53. The predicted molar refractivity (Wildman–Crippen MR) is 64.3 cm³/mol. The Bertz CT molecular complexity index is 83.9. The van der Waals surface area contributed by atoms with Gasteiger partial charge in [0.05, 0.1) is 0 Å². The Labute approximate surface area is 87.3 Å². The van der Waals surface area contributed by atoms with Crippen LogP contribution in [0.15, 0.2) is 0 Å². The van der Waals surface area contributed by atoms with Crippen LogP contribution in [0.4, 0.5) is 0 Å². The maximum atomic E-state index is 4.53. The Hall–Kier alpha value is 0.700. The Kier molecular flexibility index (Phi) is 10.4. The molecule has 0 bridgehead atoms. The summed E-state index contributed by atoms with van der Waals surface area (Å²) < 4.78 is 0.585. The van der Waals surface area contributed by atoms with E-state index in [9.17, 15) is 0 Å². The number of unbranched alkanes of at least 4 members (excludes halogenated alkanes) is 3. The number of rotatable bonds is 8. The highest BCUT2D eigenvalue weighted by molar-refractivity contribution is 8.10. The van der Waals surface area contributed by atoms with Gasteiger partial charge in [-0.3, -0.25) is 0 Å². The van der Waals surface area contributed by atoms with Crippen molar-refractivity contribution >= 4 is 24.4 Å². The molecule has 0 fully saturated rings. The van der Waals surface area contributed by atoms with Gasteiger partial charge in [-0.05, 0) is 18.6 Å². The molecular weight excluding hydrogens is 184 g/mol. The van der Waals surface area contributed by atoms with Crippen LogP contribution in [0.2, 0.25) is 0 Å². The summed E-state index contributed by atoms with van der Waals surface area (Å²) in [4.78, 5) is 0. The van der Waals surface area contributed by atoms with Crippen molar-refractivity contribution in [2.45, 2.75) is 57.0 Å². The first kappa shape index (κ1) is 12.7. The van der Waals surface area contributed by atoms with E-state index in [4.69, 9.17) is 0 Å². The standard InChI is InChI=1S/C10H22S2/c1-3-5-7-9-12-10(11)8-6-4-2/h10-11H,3-9H2,1-2H3. The molecule has 0 N–H and O–H groups in total. The zero-order valence-corrected chi connectivity index (χ0v) is 10.1. The second-order valence-corrected chi connectivity index (χ2v) is 5.46. The van der Waals surface area contributed by atoms with Crippen molar-refractivity contribution in [1.29, 1.82) is 0 Å². The molecule has 0 aromatic carbocycles. The first-order valence-corrected chi connectivity index (χ1v) is 6.67. The van der Waals surface area contributed by atoms with Crippen LogP contribution < -0.4 is 0 Å². The summed E-state index contributed by atoms with van der Waals surface area (Å²) in [6, 6.07) is 0. The van der Waals surface area contributed by atoms with Crippen LogP contribution in [0.3, 0.4) is 0 Å². The maximum Gasteiger partial charge on any atom is 0.0472 e. The Morgan fingerprint density at radius 1 is 1.08 bits per heavy atom. The summed E-state index contributed by atoms with van der Waals surface area (Å²) in [6.07, 6.45) is 7.97. The fourth-order valence-corrected chi connectivity index (χ4v) is 2.51. The van der Waals surface area contributed by atoms with Crippen molar-refractivity contribution in [1.82, 2.24) is 0 Å². The molecule has 0 saturated carbocycles. The van der Waals surface area contributed by atoms with Crippen LogP contribution in [0.5, 0.6) is 0 Å². The van der Waals surface area contributed by atoms with Crippen molar-refractivity contribution in [3.8, 4) is 0 Å². The SMILES string of the molecule is CCCCCSC(S)CCCC. The van der Waals surface area contributed by atoms with Crippen molar-refractivity contribution in [3.63, 3.8) is 0 Å². The summed E-state index contributed by atoms with van der Waals surface area (Å²) in [7, 11) is 0. The van der Waals surface area contributed by atoms with Crippen LogP contribution in [-0.2, 0) is 0 Å². The first-order valence-electron chi connectivity index (χ1n) is 5.11. The van der Waals surface area contributed by atoms with Gasteiger partial charge in [-0.25, -0.2) is 0 Å². The minimum atomic E-state index is 0.585. The third-order valence-corrected chi connectivity index (χ3v) is 3.71. The van der Waals surface area contributed by atoms with Gasteiger partial charge in [0.15, 0.2) is 0 Å². The molecule has 74 valence electrons. The summed E-state index contributed by atoms with van der Waals surface area (Å²) >= 11 is 6.55. The average molecular weight is 206 g/mol. The fraction of sp³-hybridized carbons (Fsp3) is 1.00. The van der Waals surface area contributed by atoms with Gasteiger partial charge >= 0.3 is 0 Å². The quantitative estimate of drug-likeness (QED) is 0.350. The predicted octanol–water partition coefficient (Wildman–Crippen LogP) is 4.36. The highest BCUT2D eigenvalue weighted by Gasteiger charge is 2.01. The molecule has 1 unspecified atom stereocenters.